The summed E-state index contributed by atoms with van der Waals surface area (Å²) in [7, 11) is 0. The van der Waals surface area contributed by atoms with Crippen molar-refractivity contribution in [2.45, 2.75) is 31.7 Å². The van der Waals surface area contributed by atoms with E-state index >= 15 is 0 Å². The van der Waals surface area contributed by atoms with Gasteiger partial charge in [0.15, 0.2) is 11.5 Å². The molecule has 1 aromatic heterocycles. The Balaban J connectivity index is 1.35. The molecule has 126 valence electrons. The highest BCUT2D eigenvalue weighted by Gasteiger charge is 2.29. The lowest BCUT2D eigenvalue weighted by molar-refractivity contribution is -0.122. The Morgan fingerprint density at radius 1 is 1.29 bits per heavy atom. The van der Waals surface area contributed by atoms with Crippen molar-refractivity contribution in [3.63, 3.8) is 0 Å². The molecule has 8 nitrogen and oxygen atoms in total. The van der Waals surface area contributed by atoms with Crippen LogP contribution in [0.4, 0.5) is 4.79 Å². The molecule has 0 saturated carbocycles. The number of carbonyl (C=O) groups is 3. The number of rotatable bonds is 7. The van der Waals surface area contributed by atoms with Gasteiger partial charge in [-0.3, -0.25) is 14.9 Å². The molecule has 2 heterocycles. The second-order valence-corrected chi connectivity index (χ2v) is 5.58. The van der Waals surface area contributed by atoms with Crippen LogP contribution in [0.5, 0.6) is 0 Å². The maximum absolute atomic E-state index is 11.7. The number of nitrogens with one attached hydrogen (secondary N) is 3. The molecule has 1 atom stereocenters. The Hall–Kier alpha value is -2.90. The maximum Gasteiger partial charge on any atom is 0.322 e. The van der Waals surface area contributed by atoms with E-state index in [4.69, 9.17) is 4.42 Å². The Morgan fingerprint density at radius 2 is 2.12 bits per heavy atom. The van der Waals surface area contributed by atoms with E-state index in [2.05, 4.69) is 20.9 Å². The fourth-order valence-electron chi connectivity index (χ4n) is 2.52. The first-order chi connectivity index (χ1) is 11.6. The number of hydrogen-bond donors (Lipinski definition) is 3. The molecule has 4 amide bonds. The molecule has 1 aliphatic heterocycles. The average Bonchev–Trinajstić information content (AvgIpc) is 3.11. The minimum atomic E-state index is -0.622. The van der Waals surface area contributed by atoms with Crippen molar-refractivity contribution >= 4 is 28.9 Å². The zero-order chi connectivity index (χ0) is 16.9. The predicted octanol–water partition coefficient (Wildman–Crippen LogP) is 0.865. The lowest BCUT2D eigenvalue weighted by Crippen LogP contribution is -2.32. The van der Waals surface area contributed by atoms with Gasteiger partial charge in [-0.15, -0.1) is 0 Å². The van der Waals surface area contributed by atoms with Gasteiger partial charge < -0.3 is 15.1 Å². The molecule has 0 radical (unpaired) electrons. The predicted molar refractivity (Wildman–Crippen MR) is 85.0 cm³/mol. The van der Waals surface area contributed by atoms with Crippen LogP contribution in [0.15, 0.2) is 28.7 Å². The number of aryl methyl sites for hydroxylation is 1. The fraction of sp³-hybridized carbons (Fsp3) is 0.375. The van der Waals surface area contributed by atoms with Gasteiger partial charge in [-0.2, -0.15) is 0 Å². The Bertz CT molecular complexity index is 737. The van der Waals surface area contributed by atoms with Crippen molar-refractivity contribution in [2.24, 2.45) is 0 Å². The highest BCUT2D eigenvalue weighted by atomic mass is 16.3. The molecule has 0 bridgehead atoms. The lowest BCUT2D eigenvalue weighted by Gasteiger charge is -2.07. The number of urea groups is 1. The number of hydrogen-bond acceptors (Lipinski definition) is 5. The van der Waals surface area contributed by atoms with Crippen molar-refractivity contribution < 1.29 is 18.8 Å². The number of imide groups is 1. The van der Waals surface area contributed by atoms with Crippen molar-refractivity contribution in [3.05, 3.63) is 30.2 Å². The molecule has 24 heavy (non-hydrogen) atoms. The number of aromatic nitrogens is 1. The Kier molecular flexibility index (Phi) is 4.74. The average molecular weight is 330 g/mol. The van der Waals surface area contributed by atoms with Crippen LogP contribution in [0.25, 0.3) is 11.1 Å². The molecule has 1 aliphatic rings. The summed E-state index contributed by atoms with van der Waals surface area (Å²) in [5.74, 6) is 0.112. The summed E-state index contributed by atoms with van der Waals surface area (Å²) in [6.45, 7) is 0.501. The Morgan fingerprint density at radius 3 is 2.88 bits per heavy atom. The molecule has 0 spiro atoms. The third-order valence-corrected chi connectivity index (χ3v) is 3.75. The zero-order valence-corrected chi connectivity index (χ0v) is 13.0. The first-order valence-corrected chi connectivity index (χ1v) is 7.84. The van der Waals surface area contributed by atoms with Crippen LogP contribution in [-0.4, -0.2) is 35.4 Å². The molecular formula is C16H18N4O4. The molecule has 3 rings (SSSR count). The van der Waals surface area contributed by atoms with Crippen LogP contribution >= 0.6 is 0 Å². The van der Waals surface area contributed by atoms with Crippen molar-refractivity contribution in [3.8, 4) is 0 Å². The number of nitrogens with zero attached hydrogens (tertiary/aromatic N) is 1. The van der Waals surface area contributed by atoms with Gasteiger partial charge in [-0.05, 0) is 25.0 Å². The number of fused-ring (bicyclic) bond motifs is 1. The van der Waals surface area contributed by atoms with Gasteiger partial charge in [0.2, 0.25) is 5.91 Å². The van der Waals surface area contributed by atoms with Crippen LogP contribution in [0.2, 0.25) is 0 Å². The first-order valence-electron chi connectivity index (χ1n) is 7.84. The third kappa shape index (κ3) is 3.89. The molecule has 1 aromatic carbocycles. The molecule has 1 fully saturated rings. The monoisotopic (exact) mass is 330 g/mol. The highest BCUT2D eigenvalue weighted by molar-refractivity contribution is 6.04. The van der Waals surface area contributed by atoms with Crippen molar-refractivity contribution in [2.75, 3.05) is 6.54 Å². The quantitative estimate of drug-likeness (QED) is 0.515. The summed E-state index contributed by atoms with van der Waals surface area (Å²) in [4.78, 5) is 38.4. The van der Waals surface area contributed by atoms with E-state index in [1.807, 2.05) is 24.3 Å². The van der Waals surface area contributed by atoms with Crippen molar-refractivity contribution in [1.82, 2.24) is 20.9 Å². The molecule has 0 aliphatic carbocycles. The minimum Gasteiger partial charge on any atom is -0.441 e. The van der Waals surface area contributed by atoms with E-state index in [1.54, 1.807) is 0 Å². The minimum absolute atomic E-state index is 0.151. The molecule has 1 saturated heterocycles. The van der Waals surface area contributed by atoms with E-state index in [0.29, 0.717) is 25.3 Å². The van der Waals surface area contributed by atoms with Crippen LogP contribution in [0.1, 0.15) is 25.2 Å². The molecule has 2 aromatic rings. The summed E-state index contributed by atoms with van der Waals surface area (Å²) in [6, 6.07) is 6.42. The van der Waals surface area contributed by atoms with Crippen LogP contribution < -0.4 is 16.0 Å². The number of carbonyl (C=O) groups excluding carboxylic acids is 3. The molecule has 8 heteroatoms. The van der Waals surface area contributed by atoms with Crippen molar-refractivity contribution in [1.29, 1.82) is 0 Å². The zero-order valence-electron chi connectivity index (χ0n) is 13.0. The summed E-state index contributed by atoms with van der Waals surface area (Å²) >= 11 is 0. The van der Waals surface area contributed by atoms with Gasteiger partial charge >= 0.3 is 6.03 Å². The number of benzene rings is 1. The number of para-hydroxylation sites is 2. The normalized spacial score (nSPS) is 16.9. The second-order valence-electron chi connectivity index (χ2n) is 5.58. The highest BCUT2D eigenvalue weighted by Crippen LogP contribution is 2.15. The summed E-state index contributed by atoms with van der Waals surface area (Å²) < 4.78 is 5.60. The maximum atomic E-state index is 11.7. The first kappa shape index (κ1) is 16.0. The second kappa shape index (κ2) is 7.12. The van der Waals surface area contributed by atoms with Gasteiger partial charge in [0, 0.05) is 19.4 Å². The fourth-order valence-corrected chi connectivity index (χ4v) is 2.52. The van der Waals surface area contributed by atoms with E-state index < -0.39 is 12.1 Å². The molecule has 0 unspecified atom stereocenters. The van der Waals surface area contributed by atoms with E-state index in [9.17, 15) is 14.4 Å². The number of oxazole rings is 1. The van der Waals surface area contributed by atoms with Crippen LogP contribution in [0.3, 0.4) is 0 Å². The largest absolute Gasteiger partial charge is 0.441 e. The van der Waals surface area contributed by atoms with Gasteiger partial charge in [0.25, 0.3) is 5.91 Å². The standard InChI is InChI=1S/C16H18N4O4/c21-13(8-7-11-15(22)20-16(23)19-11)17-9-3-6-14-18-10-4-1-2-5-12(10)24-14/h1-2,4-5,11H,3,6-9H2,(H,17,21)(H2,19,20,22,23)/t11-/m1/s1. The summed E-state index contributed by atoms with van der Waals surface area (Å²) in [5, 5.41) is 7.38. The SMILES string of the molecule is O=C(CC[C@H]1NC(=O)NC1=O)NCCCc1nc2ccccc2o1. The number of amides is 4. The Labute approximate surface area is 138 Å². The van der Waals surface area contributed by atoms with Gasteiger partial charge in [-0.25, -0.2) is 9.78 Å². The smallest absolute Gasteiger partial charge is 0.322 e. The van der Waals surface area contributed by atoms with Gasteiger partial charge in [0.05, 0.1) is 0 Å². The summed E-state index contributed by atoms with van der Waals surface area (Å²) in [5.41, 5.74) is 1.59. The lowest BCUT2D eigenvalue weighted by atomic mass is 10.1. The molecule has 3 N–H and O–H groups in total. The van der Waals surface area contributed by atoms with E-state index in [0.717, 1.165) is 11.1 Å². The van der Waals surface area contributed by atoms with Gasteiger partial charge in [-0.1, -0.05) is 12.1 Å². The van der Waals surface area contributed by atoms with Gasteiger partial charge in [0.1, 0.15) is 11.6 Å². The third-order valence-electron chi connectivity index (χ3n) is 3.75. The van der Waals surface area contributed by atoms with E-state index in [-0.39, 0.29) is 24.7 Å². The van der Waals surface area contributed by atoms with Crippen LogP contribution in [0, 0.1) is 0 Å². The summed E-state index contributed by atoms with van der Waals surface area (Å²) in [6.07, 6.45) is 1.81. The molecular weight excluding hydrogens is 312 g/mol. The topological polar surface area (TPSA) is 113 Å². The van der Waals surface area contributed by atoms with E-state index in [1.165, 1.54) is 0 Å². The van der Waals surface area contributed by atoms with Crippen LogP contribution in [-0.2, 0) is 16.0 Å².